The Balaban J connectivity index is 1.84. The van der Waals surface area contributed by atoms with E-state index in [4.69, 9.17) is 4.74 Å². The fourth-order valence-corrected chi connectivity index (χ4v) is 1.86. The van der Waals surface area contributed by atoms with E-state index in [9.17, 15) is 0 Å². The van der Waals surface area contributed by atoms with Crippen molar-refractivity contribution in [2.75, 3.05) is 13.2 Å². The van der Waals surface area contributed by atoms with Gasteiger partial charge >= 0.3 is 0 Å². The van der Waals surface area contributed by atoms with Gasteiger partial charge in [-0.05, 0) is 37.0 Å². The lowest BCUT2D eigenvalue weighted by Crippen LogP contribution is -2.36. The Morgan fingerprint density at radius 2 is 2.53 bits per heavy atom. The second-order valence-corrected chi connectivity index (χ2v) is 4.10. The molecular formula is C12H18N2O. The highest BCUT2D eigenvalue weighted by Gasteiger charge is 2.12. The number of nitrogens with zero attached hydrogens (tertiary/aromatic N) is 1. The van der Waals surface area contributed by atoms with Crippen LogP contribution in [0.25, 0.3) is 0 Å². The van der Waals surface area contributed by atoms with E-state index in [-0.39, 0.29) is 0 Å². The van der Waals surface area contributed by atoms with Gasteiger partial charge in [0.15, 0.2) is 0 Å². The molecule has 1 saturated heterocycles. The first-order chi connectivity index (χ1) is 7.36. The normalized spacial score (nSPS) is 21.5. The number of hydrogen-bond acceptors (Lipinski definition) is 3. The van der Waals surface area contributed by atoms with Crippen LogP contribution in [0, 0.1) is 6.92 Å². The molecule has 1 fully saturated rings. The van der Waals surface area contributed by atoms with Crippen LogP contribution in [0.15, 0.2) is 18.5 Å². The summed E-state index contributed by atoms with van der Waals surface area (Å²) in [5, 5.41) is 3.53. The lowest BCUT2D eigenvalue weighted by Gasteiger charge is -2.23. The van der Waals surface area contributed by atoms with Crippen LogP contribution >= 0.6 is 0 Å². The first kappa shape index (κ1) is 10.6. The van der Waals surface area contributed by atoms with Crippen molar-refractivity contribution in [3.05, 3.63) is 29.6 Å². The third-order valence-corrected chi connectivity index (χ3v) is 2.88. The van der Waals surface area contributed by atoms with Crippen LogP contribution in [-0.4, -0.2) is 24.2 Å². The number of aromatic nitrogens is 1. The van der Waals surface area contributed by atoms with E-state index in [0.717, 1.165) is 19.8 Å². The lowest BCUT2D eigenvalue weighted by molar-refractivity contribution is 0.0699. The lowest BCUT2D eigenvalue weighted by atomic mass is 10.1. The van der Waals surface area contributed by atoms with Gasteiger partial charge in [-0.15, -0.1) is 0 Å². The first-order valence-electron chi connectivity index (χ1n) is 5.57. The molecule has 2 rings (SSSR count). The van der Waals surface area contributed by atoms with E-state index in [2.05, 4.69) is 23.3 Å². The zero-order chi connectivity index (χ0) is 10.5. The summed E-state index contributed by atoms with van der Waals surface area (Å²) in [7, 11) is 0. The highest BCUT2D eigenvalue weighted by atomic mass is 16.5. The van der Waals surface area contributed by atoms with Gasteiger partial charge in [0, 0.05) is 31.6 Å². The zero-order valence-electron chi connectivity index (χ0n) is 9.20. The maximum absolute atomic E-state index is 5.43. The first-order valence-corrected chi connectivity index (χ1v) is 5.57. The topological polar surface area (TPSA) is 34.2 Å². The Hall–Kier alpha value is -0.930. The van der Waals surface area contributed by atoms with Crippen molar-refractivity contribution >= 4 is 0 Å². The highest BCUT2D eigenvalue weighted by Crippen LogP contribution is 2.09. The molecule has 1 aromatic heterocycles. The third-order valence-electron chi connectivity index (χ3n) is 2.88. The molecule has 0 saturated carbocycles. The van der Waals surface area contributed by atoms with E-state index in [1.165, 1.54) is 24.0 Å². The van der Waals surface area contributed by atoms with Gasteiger partial charge in [0.2, 0.25) is 0 Å². The molecule has 0 aromatic carbocycles. The largest absolute Gasteiger partial charge is 0.380 e. The molecule has 3 nitrogen and oxygen atoms in total. The Bertz CT molecular complexity index is 308. The van der Waals surface area contributed by atoms with Gasteiger partial charge in [-0.2, -0.15) is 0 Å². The molecule has 15 heavy (non-hydrogen) atoms. The summed E-state index contributed by atoms with van der Waals surface area (Å²) in [5.41, 5.74) is 2.58. The van der Waals surface area contributed by atoms with Crippen LogP contribution in [0.3, 0.4) is 0 Å². The average molecular weight is 206 g/mol. The van der Waals surface area contributed by atoms with Gasteiger partial charge in [0.1, 0.15) is 0 Å². The Morgan fingerprint density at radius 1 is 1.60 bits per heavy atom. The minimum Gasteiger partial charge on any atom is -0.380 e. The van der Waals surface area contributed by atoms with Crippen molar-refractivity contribution in [3.8, 4) is 0 Å². The minimum atomic E-state index is 0.520. The van der Waals surface area contributed by atoms with Crippen LogP contribution in [-0.2, 0) is 11.3 Å². The number of nitrogens with one attached hydrogen (secondary N) is 1. The number of rotatable bonds is 3. The number of ether oxygens (including phenoxy) is 1. The smallest absolute Gasteiger partial charge is 0.0619 e. The average Bonchev–Trinajstić information content (AvgIpc) is 2.29. The maximum Gasteiger partial charge on any atom is 0.0619 e. The molecule has 1 aromatic rings. The Morgan fingerprint density at radius 3 is 3.27 bits per heavy atom. The van der Waals surface area contributed by atoms with Gasteiger partial charge < -0.3 is 10.1 Å². The van der Waals surface area contributed by atoms with Gasteiger partial charge in [-0.1, -0.05) is 0 Å². The van der Waals surface area contributed by atoms with Gasteiger partial charge in [0.25, 0.3) is 0 Å². The predicted octanol–water partition coefficient (Wildman–Crippen LogP) is 1.66. The SMILES string of the molecule is Cc1cnccc1CNC1CCCOC1. The van der Waals surface area contributed by atoms with E-state index in [0.29, 0.717) is 6.04 Å². The van der Waals surface area contributed by atoms with E-state index < -0.39 is 0 Å². The minimum absolute atomic E-state index is 0.520. The molecule has 0 radical (unpaired) electrons. The molecule has 1 N–H and O–H groups in total. The molecular weight excluding hydrogens is 188 g/mol. The van der Waals surface area contributed by atoms with Crippen molar-refractivity contribution < 1.29 is 4.74 Å². The molecule has 1 unspecified atom stereocenters. The number of pyridine rings is 1. The van der Waals surface area contributed by atoms with Gasteiger partial charge in [0.05, 0.1) is 6.61 Å². The Labute approximate surface area is 90.9 Å². The third kappa shape index (κ3) is 3.01. The van der Waals surface area contributed by atoms with E-state index >= 15 is 0 Å². The quantitative estimate of drug-likeness (QED) is 0.816. The van der Waals surface area contributed by atoms with E-state index in [1.54, 1.807) is 0 Å². The number of hydrogen-bond donors (Lipinski definition) is 1. The maximum atomic E-state index is 5.43. The summed E-state index contributed by atoms with van der Waals surface area (Å²) in [6.07, 6.45) is 6.16. The molecule has 82 valence electrons. The van der Waals surface area contributed by atoms with E-state index in [1.807, 2.05) is 12.4 Å². The predicted molar refractivity (Wildman–Crippen MR) is 59.7 cm³/mol. The van der Waals surface area contributed by atoms with Gasteiger partial charge in [-0.25, -0.2) is 0 Å². The van der Waals surface area contributed by atoms with Crippen LogP contribution in [0.1, 0.15) is 24.0 Å². The fourth-order valence-electron chi connectivity index (χ4n) is 1.86. The Kier molecular flexibility index (Phi) is 3.69. The molecule has 0 spiro atoms. The van der Waals surface area contributed by atoms with Crippen molar-refractivity contribution in [2.24, 2.45) is 0 Å². The standard InChI is InChI=1S/C12H18N2O/c1-10-7-13-5-4-11(10)8-14-12-3-2-6-15-9-12/h4-5,7,12,14H,2-3,6,8-9H2,1H3. The van der Waals surface area contributed by atoms with Crippen molar-refractivity contribution in [1.29, 1.82) is 0 Å². The molecule has 0 aliphatic carbocycles. The summed E-state index contributed by atoms with van der Waals surface area (Å²) >= 11 is 0. The second-order valence-electron chi connectivity index (χ2n) is 4.10. The summed E-state index contributed by atoms with van der Waals surface area (Å²) in [5.74, 6) is 0. The molecule has 0 amide bonds. The van der Waals surface area contributed by atoms with Crippen molar-refractivity contribution in [2.45, 2.75) is 32.4 Å². The molecule has 1 aliphatic rings. The molecule has 1 aliphatic heterocycles. The molecule has 2 heterocycles. The molecule has 3 heteroatoms. The van der Waals surface area contributed by atoms with Crippen LogP contribution in [0.2, 0.25) is 0 Å². The van der Waals surface area contributed by atoms with Crippen molar-refractivity contribution in [3.63, 3.8) is 0 Å². The highest BCUT2D eigenvalue weighted by molar-refractivity contribution is 5.21. The monoisotopic (exact) mass is 206 g/mol. The second kappa shape index (κ2) is 5.24. The summed E-state index contributed by atoms with van der Waals surface area (Å²) in [6.45, 7) is 4.79. The van der Waals surface area contributed by atoms with Crippen LogP contribution in [0.4, 0.5) is 0 Å². The van der Waals surface area contributed by atoms with Crippen LogP contribution in [0.5, 0.6) is 0 Å². The fraction of sp³-hybridized carbons (Fsp3) is 0.583. The van der Waals surface area contributed by atoms with Gasteiger partial charge in [-0.3, -0.25) is 4.98 Å². The van der Waals surface area contributed by atoms with Crippen molar-refractivity contribution in [1.82, 2.24) is 10.3 Å². The molecule has 1 atom stereocenters. The summed E-state index contributed by atoms with van der Waals surface area (Å²) < 4.78 is 5.43. The molecule has 0 bridgehead atoms. The zero-order valence-corrected chi connectivity index (χ0v) is 9.20. The summed E-state index contributed by atoms with van der Waals surface area (Å²) in [6, 6.07) is 2.60. The number of aryl methyl sites for hydroxylation is 1. The summed E-state index contributed by atoms with van der Waals surface area (Å²) in [4.78, 5) is 4.09. The van der Waals surface area contributed by atoms with Crippen LogP contribution < -0.4 is 5.32 Å².